The lowest BCUT2D eigenvalue weighted by atomic mass is 10.5. The third kappa shape index (κ3) is 2.75. The van der Waals surface area contributed by atoms with Crippen LogP contribution in [0.1, 0.15) is 0 Å². The van der Waals surface area contributed by atoms with Gasteiger partial charge >= 0.3 is 0 Å². The van der Waals surface area contributed by atoms with E-state index in [1.165, 1.54) is 24.8 Å². The highest BCUT2D eigenvalue weighted by Gasteiger charge is 2.17. The molecule has 2 heterocycles. The number of anilines is 1. The first-order chi connectivity index (χ1) is 7.97. The zero-order chi connectivity index (χ0) is 12.5. The number of imidazole rings is 1. The molecule has 0 aliphatic carbocycles. The predicted octanol–water partition coefficient (Wildman–Crippen LogP) is 1.27. The quantitative estimate of drug-likeness (QED) is 0.913. The first kappa shape index (κ1) is 11.9. The summed E-state index contributed by atoms with van der Waals surface area (Å²) in [7, 11) is -2.03. The van der Waals surface area contributed by atoms with Crippen molar-refractivity contribution in [1.82, 2.24) is 14.5 Å². The predicted molar refractivity (Wildman–Crippen MR) is 63.3 cm³/mol. The molecule has 0 radical (unpaired) electrons. The van der Waals surface area contributed by atoms with Crippen LogP contribution in [-0.2, 0) is 17.1 Å². The van der Waals surface area contributed by atoms with Crippen LogP contribution in [0.15, 0.2) is 35.9 Å². The fraction of sp³-hybridized carbons (Fsp3) is 0.111. The van der Waals surface area contributed by atoms with Crippen molar-refractivity contribution in [3.8, 4) is 0 Å². The summed E-state index contributed by atoms with van der Waals surface area (Å²) < 4.78 is 27.5. The first-order valence-electron chi connectivity index (χ1n) is 4.60. The van der Waals surface area contributed by atoms with E-state index in [0.29, 0.717) is 5.02 Å². The number of pyridine rings is 1. The molecular formula is C9H9ClN4O2S. The van der Waals surface area contributed by atoms with Gasteiger partial charge in [-0.15, -0.1) is 0 Å². The van der Waals surface area contributed by atoms with Crippen LogP contribution in [0, 0.1) is 0 Å². The number of sulfonamides is 1. The Kier molecular flexibility index (Phi) is 3.03. The normalized spacial score (nSPS) is 11.4. The highest BCUT2D eigenvalue weighted by atomic mass is 35.5. The van der Waals surface area contributed by atoms with Gasteiger partial charge in [-0.25, -0.2) is 9.97 Å². The van der Waals surface area contributed by atoms with Gasteiger partial charge in [0.05, 0.1) is 6.33 Å². The number of halogens is 1. The average molecular weight is 273 g/mol. The molecule has 0 bridgehead atoms. The highest BCUT2D eigenvalue weighted by Crippen LogP contribution is 2.15. The fourth-order valence-electron chi connectivity index (χ4n) is 1.18. The first-order valence-corrected chi connectivity index (χ1v) is 6.46. The van der Waals surface area contributed by atoms with E-state index in [2.05, 4.69) is 14.7 Å². The molecule has 0 aliphatic rings. The molecule has 6 nitrogen and oxygen atoms in total. The zero-order valence-electron chi connectivity index (χ0n) is 8.83. The van der Waals surface area contributed by atoms with Gasteiger partial charge in [-0.3, -0.25) is 4.72 Å². The lowest BCUT2D eigenvalue weighted by molar-refractivity contribution is 0.598. The van der Waals surface area contributed by atoms with Gasteiger partial charge in [0.25, 0.3) is 10.0 Å². The van der Waals surface area contributed by atoms with Crippen LogP contribution in [0.3, 0.4) is 0 Å². The van der Waals surface area contributed by atoms with Crippen LogP contribution in [0.5, 0.6) is 0 Å². The van der Waals surface area contributed by atoms with Crippen molar-refractivity contribution in [3.05, 3.63) is 35.9 Å². The Bertz CT molecular complexity index is 638. The van der Waals surface area contributed by atoms with Gasteiger partial charge in [0.15, 0.2) is 5.03 Å². The van der Waals surface area contributed by atoms with Gasteiger partial charge in [0.1, 0.15) is 5.82 Å². The second-order valence-corrected chi connectivity index (χ2v) is 5.41. The molecule has 0 fully saturated rings. The van der Waals surface area contributed by atoms with Crippen molar-refractivity contribution in [3.63, 3.8) is 0 Å². The van der Waals surface area contributed by atoms with E-state index in [-0.39, 0.29) is 10.8 Å². The molecule has 0 amide bonds. The number of aryl methyl sites for hydroxylation is 1. The van der Waals surface area contributed by atoms with Crippen LogP contribution in [0.25, 0.3) is 0 Å². The molecule has 0 aromatic carbocycles. The Hall–Kier alpha value is -1.60. The molecule has 0 aliphatic heterocycles. The summed E-state index contributed by atoms with van der Waals surface area (Å²) in [5.41, 5.74) is 0. The minimum atomic E-state index is -3.71. The van der Waals surface area contributed by atoms with Gasteiger partial charge in [0, 0.05) is 30.5 Å². The number of nitrogens with zero attached hydrogens (tertiary/aromatic N) is 3. The lowest BCUT2D eigenvalue weighted by Crippen LogP contribution is -2.14. The molecule has 1 N–H and O–H groups in total. The molecule has 0 saturated heterocycles. The summed E-state index contributed by atoms with van der Waals surface area (Å²) in [4.78, 5) is 7.61. The van der Waals surface area contributed by atoms with Gasteiger partial charge in [-0.05, 0) is 6.07 Å². The molecule has 2 aromatic rings. The van der Waals surface area contributed by atoms with Crippen molar-refractivity contribution in [1.29, 1.82) is 0 Å². The topological polar surface area (TPSA) is 76.9 Å². The van der Waals surface area contributed by atoms with Crippen LogP contribution < -0.4 is 4.72 Å². The summed E-state index contributed by atoms with van der Waals surface area (Å²) in [5, 5.41) is 0.334. The zero-order valence-corrected chi connectivity index (χ0v) is 10.4. The maximum atomic E-state index is 11.9. The van der Waals surface area contributed by atoms with E-state index in [1.54, 1.807) is 17.7 Å². The largest absolute Gasteiger partial charge is 0.339 e. The molecule has 2 aromatic heterocycles. The summed E-state index contributed by atoms with van der Waals surface area (Å²) in [6.07, 6.45) is 4.21. The van der Waals surface area contributed by atoms with Crippen molar-refractivity contribution in [2.24, 2.45) is 7.05 Å². The molecule has 0 saturated carbocycles. The minimum Gasteiger partial charge on any atom is -0.339 e. The van der Waals surface area contributed by atoms with E-state index in [0.717, 1.165) is 0 Å². The minimum absolute atomic E-state index is 0.0678. The summed E-state index contributed by atoms with van der Waals surface area (Å²) in [6, 6.07) is 2.97. The van der Waals surface area contributed by atoms with Gasteiger partial charge in [0.2, 0.25) is 0 Å². The molecule has 2 rings (SSSR count). The molecule has 0 spiro atoms. The maximum absolute atomic E-state index is 11.9. The Morgan fingerprint density at radius 3 is 2.76 bits per heavy atom. The Morgan fingerprint density at radius 1 is 1.41 bits per heavy atom. The van der Waals surface area contributed by atoms with Crippen LogP contribution in [0.2, 0.25) is 5.02 Å². The molecule has 0 atom stereocenters. The maximum Gasteiger partial charge on any atom is 0.282 e. The molecular weight excluding hydrogens is 264 g/mol. The van der Waals surface area contributed by atoms with Gasteiger partial charge in [-0.1, -0.05) is 11.6 Å². The molecule has 8 heteroatoms. The smallest absolute Gasteiger partial charge is 0.282 e. The second-order valence-electron chi connectivity index (χ2n) is 3.34. The van der Waals surface area contributed by atoms with Crippen molar-refractivity contribution in [2.45, 2.75) is 5.03 Å². The fourth-order valence-corrected chi connectivity index (χ4v) is 2.32. The number of hydrogen-bond acceptors (Lipinski definition) is 4. The van der Waals surface area contributed by atoms with Gasteiger partial charge in [-0.2, -0.15) is 8.42 Å². The third-order valence-corrected chi connectivity index (χ3v) is 3.39. The SMILES string of the molecule is Cn1cnc(S(=O)(=O)Nc2cc(Cl)ccn2)c1. The highest BCUT2D eigenvalue weighted by molar-refractivity contribution is 7.92. The Labute approximate surface area is 103 Å². The Morgan fingerprint density at radius 2 is 2.18 bits per heavy atom. The monoisotopic (exact) mass is 272 g/mol. The average Bonchev–Trinajstić information content (AvgIpc) is 2.65. The van der Waals surface area contributed by atoms with Gasteiger partial charge < -0.3 is 4.57 Å². The van der Waals surface area contributed by atoms with Crippen LogP contribution in [0.4, 0.5) is 5.82 Å². The van der Waals surface area contributed by atoms with Crippen LogP contribution >= 0.6 is 11.6 Å². The van der Waals surface area contributed by atoms with Crippen molar-refractivity contribution < 1.29 is 8.42 Å². The number of rotatable bonds is 3. The summed E-state index contributed by atoms with van der Waals surface area (Å²) in [6.45, 7) is 0. The number of aromatic nitrogens is 3. The number of hydrogen-bond donors (Lipinski definition) is 1. The molecule has 17 heavy (non-hydrogen) atoms. The molecule has 0 unspecified atom stereocenters. The molecule has 90 valence electrons. The standard InChI is InChI=1S/C9H9ClN4O2S/c1-14-5-9(12-6-14)17(15,16)13-8-4-7(10)2-3-11-8/h2-6H,1H3,(H,11,13). The van der Waals surface area contributed by atoms with E-state index in [1.807, 2.05) is 0 Å². The van der Waals surface area contributed by atoms with Crippen molar-refractivity contribution in [2.75, 3.05) is 4.72 Å². The van der Waals surface area contributed by atoms with E-state index in [4.69, 9.17) is 11.6 Å². The Balaban J connectivity index is 2.29. The summed E-state index contributed by atoms with van der Waals surface area (Å²) in [5.74, 6) is 0.156. The van der Waals surface area contributed by atoms with Crippen LogP contribution in [-0.4, -0.2) is 23.0 Å². The van der Waals surface area contributed by atoms with Crippen molar-refractivity contribution >= 4 is 27.4 Å². The van der Waals surface area contributed by atoms with E-state index >= 15 is 0 Å². The number of nitrogens with one attached hydrogen (secondary N) is 1. The lowest BCUT2D eigenvalue weighted by Gasteiger charge is -2.04. The van der Waals surface area contributed by atoms with E-state index < -0.39 is 10.0 Å². The third-order valence-electron chi connectivity index (χ3n) is 1.92. The van der Waals surface area contributed by atoms with E-state index in [9.17, 15) is 8.42 Å². The summed E-state index contributed by atoms with van der Waals surface area (Å²) >= 11 is 5.73. The second kappa shape index (κ2) is 4.34.